The second-order valence-corrected chi connectivity index (χ2v) is 6.67. The van der Waals surface area contributed by atoms with E-state index in [2.05, 4.69) is 19.7 Å². The molecule has 1 aromatic carbocycles. The van der Waals surface area contributed by atoms with Gasteiger partial charge >= 0.3 is 0 Å². The molecule has 0 unspecified atom stereocenters. The number of anilines is 1. The Bertz CT molecular complexity index is 990. The van der Waals surface area contributed by atoms with Crippen LogP contribution >= 0.6 is 0 Å². The van der Waals surface area contributed by atoms with Crippen molar-refractivity contribution in [3.8, 4) is 5.75 Å². The van der Waals surface area contributed by atoms with Gasteiger partial charge in [0, 0.05) is 23.5 Å². The Labute approximate surface area is 139 Å². The van der Waals surface area contributed by atoms with Crippen LogP contribution in [-0.2, 0) is 10.0 Å². The molecule has 3 aromatic rings. The van der Waals surface area contributed by atoms with Gasteiger partial charge < -0.3 is 4.74 Å². The summed E-state index contributed by atoms with van der Waals surface area (Å²) in [5.41, 5.74) is 1.16. The Morgan fingerprint density at radius 2 is 1.96 bits per heavy atom. The standard InChI is InChI=1S/C16H16N4O3S/c1-3-23-13-6-7-14(12-5-4-9-17-15(12)13)24(21,22)20-16-18-10-8-11(2)19-16/h4-10H,3H2,1-2H3,(H,18,19,20). The first-order valence-electron chi connectivity index (χ1n) is 7.34. The molecule has 1 N–H and O–H groups in total. The lowest BCUT2D eigenvalue weighted by Gasteiger charge is -2.12. The van der Waals surface area contributed by atoms with Crippen LogP contribution < -0.4 is 9.46 Å². The predicted molar refractivity (Wildman–Crippen MR) is 90.5 cm³/mol. The second-order valence-electron chi connectivity index (χ2n) is 5.02. The molecule has 0 aliphatic heterocycles. The fourth-order valence-corrected chi connectivity index (χ4v) is 3.45. The van der Waals surface area contributed by atoms with Gasteiger partial charge in [0.1, 0.15) is 11.3 Å². The largest absolute Gasteiger partial charge is 0.492 e. The van der Waals surface area contributed by atoms with Gasteiger partial charge in [-0.25, -0.2) is 23.1 Å². The molecule has 0 saturated heterocycles. The number of rotatable bonds is 5. The van der Waals surface area contributed by atoms with Crippen molar-refractivity contribution < 1.29 is 13.2 Å². The molecule has 0 fully saturated rings. The summed E-state index contributed by atoms with van der Waals surface area (Å²) in [4.78, 5) is 12.3. The summed E-state index contributed by atoms with van der Waals surface area (Å²) < 4.78 is 33.4. The first kappa shape index (κ1) is 16.1. The number of aromatic nitrogens is 3. The second kappa shape index (κ2) is 6.40. The minimum atomic E-state index is -3.86. The summed E-state index contributed by atoms with van der Waals surface area (Å²) in [6.07, 6.45) is 3.09. The number of benzene rings is 1. The van der Waals surface area contributed by atoms with Crippen LogP contribution in [0.3, 0.4) is 0 Å². The zero-order valence-electron chi connectivity index (χ0n) is 13.2. The van der Waals surface area contributed by atoms with Crippen LogP contribution in [0.4, 0.5) is 5.95 Å². The van der Waals surface area contributed by atoms with Crippen molar-refractivity contribution in [2.75, 3.05) is 11.3 Å². The number of fused-ring (bicyclic) bond motifs is 1. The number of nitrogens with zero attached hydrogens (tertiary/aromatic N) is 3. The molecule has 0 aliphatic rings. The monoisotopic (exact) mass is 344 g/mol. The van der Waals surface area contributed by atoms with Crippen LogP contribution in [0, 0.1) is 6.92 Å². The van der Waals surface area contributed by atoms with Gasteiger partial charge in [0.2, 0.25) is 5.95 Å². The number of hydrogen-bond acceptors (Lipinski definition) is 6. The van der Waals surface area contributed by atoms with Crippen LogP contribution in [0.2, 0.25) is 0 Å². The maximum Gasteiger partial charge on any atom is 0.264 e. The summed E-state index contributed by atoms with van der Waals surface area (Å²) in [6, 6.07) is 8.16. The Morgan fingerprint density at radius 3 is 2.71 bits per heavy atom. The summed E-state index contributed by atoms with van der Waals surface area (Å²) in [5, 5.41) is 0.476. The molecule has 3 rings (SSSR count). The van der Waals surface area contributed by atoms with Crippen LogP contribution in [0.5, 0.6) is 5.75 Å². The molecule has 8 heteroatoms. The average molecular weight is 344 g/mol. The van der Waals surface area contributed by atoms with Gasteiger partial charge in [0.25, 0.3) is 10.0 Å². The van der Waals surface area contributed by atoms with Crippen LogP contribution in [0.25, 0.3) is 10.9 Å². The molecule has 24 heavy (non-hydrogen) atoms. The van der Waals surface area contributed by atoms with E-state index in [0.29, 0.717) is 29.0 Å². The molecule has 0 saturated carbocycles. The van der Waals surface area contributed by atoms with Crippen LogP contribution in [0.15, 0.2) is 47.6 Å². The maximum absolute atomic E-state index is 12.7. The van der Waals surface area contributed by atoms with Gasteiger partial charge in [-0.2, -0.15) is 0 Å². The Morgan fingerprint density at radius 1 is 1.12 bits per heavy atom. The zero-order valence-corrected chi connectivity index (χ0v) is 14.0. The van der Waals surface area contributed by atoms with Crippen molar-refractivity contribution in [2.45, 2.75) is 18.7 Å². The number of aryl methyl sites for hydroxylation is 1. The minimum absolute atomic E-state index is 0.0286. The molecule has 0 radical (unpaired) electrons. The van der Waals surface area contributed by atoms with Crippen molar-refractivity contribution in [2.24, 2.45) is 0 Å². The molecule has 124 valence electrons. The third-order valence-electron chi connectivity index (χ3n) is 3.30. The highest BCUT2D eigenvalue weighted by atomic mass is 32.2. The quantitative estimate of drug-likeness (QED) is 0.764. The van der Waals surface area contributed by atoms with Crippen LogP contribution in [0.1, 0.15) is 12.6 Å². The van der Waals surface area contributed by atoms with Crippen molar-refractivity contribution in [1.29, 1.82) is 0 Å². The van der Waals surface area contributed by atoms with Gasteiger partial charge in [-0.3, -0.25) is 4.98 Å². The highest BCUT2D eigenvalue weighted by molar-refractivity contribution is 7.93. The SMILES string of the molecule is CCOc1ccc(S(=O)(=O)Nc2nccc(C)n2)c2cccnc12. The molecule has 0 aliphatic carbocycles. The highest BCUT2D eigenvalue weighted by Gasteiger charge is 2.20. The van der Waals surface area contributed by atoms with Crippen LogP contribution in [-0.4, -0.2) is 30.0 Å². The van der Waals surface area contributed by atoms with Crippen molar-refractivity contribution in [1.82, 2.24) is 15.0 Å². The fourth-order valence-electron chi connectivity index (χ4n) is 2.30. The average Bonchev–Trinajstić information content (AvgIpc) is 2.55. The van der Waals surface area contributed by atoms with Gasteiger partial charge in [0.05, 0.1) is 11.5 Å². The number of sulfonamides is 1. The molecule has 0 amide bonds. The van der Waals surface area contributed by atoms with E-state index in [-0.39, 0.29) is 10.8 Å². The molecular formula is C16H16N4O3S. The molecule has 2 heterocycles. The number of ether oxygens (including phenoxy) is 1. The van der Waals surface area contributed by atoms with Gasteiger partial charge in [-0.1, -0.05) is 0 Å². The molecule has 0 spiro atoms. The summed E-state index contributed by atoms with van der Waals surface area (Å²) >= 11 is 0. The van der Waals surface area contributed by atoms with Gasteiger partial charge in [-0.05, 0) is 44.2 Å². The topological polar surface area (TPSA) is 94.1 Å². The van der Waals surface area contributed by atoms with E-state index in [1.165, 1.54) is 12.3 Å². The van der Waals surface area contributed by atoms with E-state index in [1.54, 1.807) is 37.4 Å². The van der Waals surface area contributed by atoms with E-state index in [4.69, 9.17) is 4.74 Å². The summed E-state index contributed by atoms with van der Waals surface area (Å²) in [5.74, 6) is 0.569. The molecule has 2 aromatic heterocycles. The fraction of sp³-hybridized carbons (Fsp3) is 0.188. The van der Waals surface area contributed by atoms with Gasteiger partial charge in [0.15, 0.2) is 0 Å². The molecular weight excluding hydrogens is 328 g/mol. The smallest absolute Gasteiger partial charge is 0.264 e. The Hall–Kier alpha value is -2.74. The van der Waals surface area contributed by atoms with E-state index < -0.39 is 10.0 Å². The number of pyridine rings is 1. The molecule has 7 nitrogen and oxygen atoms in total. The summed E-state index contributed by atoms with van der Waals surface area (Å²) in [6.45, 7) is 4.08. The van der Waals surface area contributed by atoms with E-state index in [1.807, 2.05) is 6.92 Å². The number of hydrogen-bond donors (Lipinski definition) is 1. The van der Waals surface area contributed by atoms with E-state index >= 15 is 0 Å². The first-order chi connectivity index (χ1) is 11.5. The maximum atomic E-state index is 12.7. The predicted octanol–water partition coefficient (Wildman–Crippen LogP) is 2.53. The Kier molecular flexibility index (Phi) is 4.30. The highest BCUT2D eigenvalue weighted by Crippen LogP contribution is 2.30. The van der Waals surface area contributed by atoms with Crippen molar-refractivity contribution in [3.05, 3.63) is 48.4 Å². The third-order valence-corrected chi connectivity index (χ3v) is 4.69. The lowest BCUT2D eigenvalue weighted by Crippen LogP contribution is -2.16. The van der Waals surface area contributed by atoms with Gasteiger partial charge in [-0.15, -0.1) is 0 Å². The lowest BCUT2D eigenvalue weighted by molar-refractivity contribution is 0.343. The normalized spacial score (nSPS) is 11.4. The minimum Gasteiger partial charge on any atom is -0.492 e. The molecule has 0 atom stereocenters. The lowest BCUT2D eigenvalue weighted by atomic mass is 10.2. The van der Waals surface area contributed by atoms with Crippen molar-refractivity contribution in [3.63, 3.8) is 0 Å². The first-order valence-corrected chi connectivity index (χ1v) is 8.82. The van der Waals surface area contributed by atoms with E-state index in [0.717, 1.165) is 0 Å². The van der Waals surface area contributed by atoms with E-state index in [9.17, 15) is 8.42 Å². The third kappa shape index (κ3) is 3.13. The zero-order chi connectivity index (χ0) is 17.2. The summed E-state index contributed by atoms with van der Waals surface area (Å²) in [7, 11) is -3.86. The molecule has 0 bridgehead atoms. The number of nitrogens with one attached hydrogen (secondary N) is 1. The Balaban J connectivity index is 2.10. The van der Waals surface area contributed by atoms with Crippen molar-refractivity contribution >= 4 is 26.9 Å².